The molecule has 0 radical (unpaired) electrons. The summed E-state index contributed by atoms with van der Waals surface area (Å²) >= 11 is 0. The monoisotopic (exact) mass is 377 g/mol. The highest BCUT2D eigenvalue weighted by Crippen LogP contribution is 2.40. The number of hydrogen-bond donors (Lipinski definition) is 2. The van der Waals surface area contributed by atoms with E-state index in [1.165, 1.54) is 25.7 Å². The molecule has 1 aromatic carbocycles. The van der Waals surface area contributed by atoms with Gasteiger partial charge in [-0.1, -0.05) is 25.0 Å². The summed E-state index contributed by atoms with van der Waals surface area (Å²) < 4.78 is 16.0. The van der Waals surface area contributed by atoms with Crippen LogP contribution in [0.4, 0.5) is 0 Å². The Morgan fingerprint density at radius 1 is 1.07 bits per heavy atom. The normalized spacial score (nSPS) is 16.3. The smallest absolute Gasteiger partial charge is 0.191 e. The summed E-state index contributed by atoms with van der Waals surface area (Å²) in [5.74, 6) is 1.70. The fraction of sp³-hybridized carbons (Fsp3) is 0.667. The Morgan fingerprint density at radius 2 is 1.85 bits per heavy atom. The summed E-state index contributed by atoms with van der Waals surface area (Å²) in [7, 11) is 5.27. The van der Waals surface area contributed by atoms with E-state index in [9.17, 15) is 0 Å². The molecule has 0 amide bonds. The number of nitrogens with zero attached hydrogens (tertiary/aromatic N) is 1. The second-order valence-corrected chi connectivity index (χ2v) is 7.22. The molecule has 27 heavy (non-hydrogen) atoms. The van der Waals surface area contributed by atoms with Gasteiger partial charge in [-0.05, 0) is 42.4 Å². The summed E-state index contributed by atoms with van der Waals surface area (Å²) in [6.45, 7) is 3.61. The average Bonchev–Trinajstić information content (AvgIpc) is 3.16. The molecule has 1 aliphatic rings. The first-order valence-corrected chi connectivity index (χ1v) is 9.85. The number of guanidine groups is 1. The van der Waals surface area contributed by atoms with E-state index in [4.69, 9.17) is 14.2 Å². The van der Waals surface area contributed by atoms with Crippen molar-refractivity contribution in [3.05, 3.63) is 29.8 Å². The molecule has 0 spiro atoms. The fourth-order valence-corrected chi connectivity index (χ4v) is 3.62. The van der Waals surface area contributed by atoms with Crippen LogP contribution in [0.2, 0.25) is 0 Å². The summed E-state index contributed by atoms with van der Waals surface area (Å²) in [4.78, 5) is 4.37. The van der Waals surface area contributed by atoms with E-state index in [0.29, 0.717) is 25.2 Å². The number of aliphatic imine (C=N–C) groups is 1. The van der Waals surface area contributed by atoms with E-state index in [0.717, 1.165) is 36.8 Å². The maximum atomic E-state index is 5.68. The van der Waals surface area contributed by atoms with Crippen molar-refractivity contribution < 1.29 is 14.2 Å². The molecule has 1 aliphatic carbocycles. The van der Waals surface area contributed by atoms with Crippen LogP contribution in [-0.4, -0.2) is 53.6 Å². The van der Waals surface area contributed by atoms with Crippen LogP contribution in [0.25, 0.3) is 0 Å². The number of ether oxygens (including phenoxy) is 3. The van der Waals surface area contributed by atoms with Crippen molar-refractivity contribution in [3.63, 3.8) is 0 Å². The van der Waals surface area contributed by atoms with Gasteiger partial charge in [0, 0.05) is 41.0 Å². The minimum Gasteiger partial charge on any atom is -0.491 e. The van der Waals surface area contributed by atoms with Crippen molar-refractivity contribution >= 4 is 5.96 Å². The summed E-state index contributed by atoms with van der Waals surface area (Å²) in [6.07, 6.45) is 6.26. The van der Waals surface area contributed by atoms with Crippen molar-refractivity contribution in [3.8, 4) is 5.75 Å². The van der Waals surface area contributed by atoms with Crippen molar-refractivity contribution in [1.82, 2.24) is 10.6 Å². The number of hydrogen-bond acceptors (Lipinski definition) is 4. The van der Waals surface area contributed by atoms with Gasteiger partial charge in [-0.2, -0.15) is 0 Å². The molecule has 0 saturated heterocycles. The Kier molecular flexibility index (Phi) is 9.42. The van der Waals surface area contributed by atoms with Crippen LogP contribution in [0.3, 0.4) is 0 Å². The van der Waals surface area contributed by atoms with Gasteiger partial charge in [0.1, 0.15) is 12.4 Å². The van der Waals surface area contributed by atoms with Gasteiger partial charge in [-0.3, -0.25) is 4.99 Å². The molecular formula is C21H35N3O3. The third-order valence-corrected chi connectivity index (χ3v) is 5.27. The molecule has 0 atom stereocenters. The van der Waals surface area contributed by atoms with Crippen molar-refractivity contribution in [2.45, 2.75) is 38.6 Å². The van der Waals surface area contributed by atoms with Gasteiger partial charge in [-0.25, -0.2) is 0 Å². The predicted molar refractivity (Wildman–Crippen MR) is 109 cm³/mol. The molecule has 2 rings (SSSR count). The van der Waals surface area contributed by atoms with Gasteiger partial charge in [0.2, 0.25) is 0 Å². The van der Waals surface area contributed by atoms with Crippen molar-refractivity contribution in [2.75, 3.05) is 47.6 Å². The third kappa shape index (κ3) is 7.39. The average molecular weight is 378 g/mol. The van der Waals surface area contributed by atoms with E-state index >= 15 is 0 Å². The molecule has 0 aromatic heterocycles. The van der Waals surface area contributed by atoms with Crippen molar-refractivity contribution in [2.24, 2.45) is 10.4 Å². The van der Waals surface area contributed by atoms with Crippen LogP contribution < -0.4 is 15.4 Å². The predicted octanol–water partition coefficient (Wildman–Crippen LogP) is 2.97. The molecule has 0 bridgehead atoms. The van der Waals surface area contributed by atoms with E-state index < -0.39 is 0 Å². The van der Waals surface area contributed by atoms with Crippen LogP contribution >= 0.6 is 0 Å². The summed E-state index contributed by atoms with van der Waals surface area (Å²) in [5, 5.41) is 6.93. The Balaban J connectivity index is 1.82. The van der Waals surface area contributed by atoms with E-state index in [2.05, 4.69) is 21.7 Å². The Morgan fingerprint density at radius 3 is 2.56 bits per heavy atom. The van der Waals surface area contributed by atoms with Gasteiger partial charge >= 0.3 is 0 Å². The zero-order valence-corrected chi connectivity index (χ0v) is 17.1. The molecule has 0 heterocycles. The van der Waals surface area contributed by atoms with Gasteiger partial charge in [0.05, 0.1) is 6.61 Å². The number of nitrogens with one attached hydrogen (secondary N) is 2. The van der Waals surface area contributed by atoms with Crippen molar-refractivity contribution in [1.29, 1.82) is 0 Å². The minimum absolute atomic E-state index is 0.336. The highest BCUT2D eigenvalue weighted by molar-refractivity contribution is 5.79. The highest BCUT2D eigenvalue weighted by atomic mass is 16.5. The van der Waals surface area contributed by atoms with Crippen LogP contribution in [0.1, 0.15) is 37.7 Å². The maximum absolute atomic E-state index is 5.68. The Labute approximate surface area is 163 Å². The zero-order chi connectivity index (χ0) is 19.4. The van der Waals surface area contributed by atoms with E-state index in [1.807, 2.05) is 25.2 Å². The quantitative estimate of drug-likeness (QED) is 0.353. The summed E-state index contributed by atoms with van der Waals surface area (Å²) in [6, 6.07) is 8.10. The first-order valence-electron chi connectivity index (χ1n) is 9.85. The lowest BCUT2D eigenvalue weighted by Crippen LogP contribution is -2.43. The largest absolute Gasteiger partial charge is 0.491 e. The summed E-state index contributed by atoms with van der Waals surface area (Å²) in [5.41, 5.74) is 1.49. The SMILES string of the molecule is CN=C(NCc1cccc(OCCOC)c1)NCC1(CCOC)CCCC1. The van der Waals surface area contributed by atoms with E-state index in [1.54, 1.807) is 14.2 Å². The number of rotatable bonds is 11. The van der Waals surface area contributed by atoms with Gasteiger partial charge in [0.25, 0.3) is 0 Å². The lowest BCUT2D eigenvalue weighted by Gasteiger charge is -2.30. The Hall–Kier alpha value is -1.79. The highest BCUT2D eigenvalue weighted by Gasteiger charge is 2.33. The number of benzene rings is 1. The molecule has 0 unspecified atom stereocenters. The van der Waals surface area contributed by atoms with Gasteiger partial charge in [0.15, 0.2) is 5.96 Å². The molecule has 6 nitrogen and oxygen atoms in total. The maximum Gasteiger partial charge on any atom is 0.191 e. The molecule has 1 aromatic rings. The standard InChI is InChI=1S/C21H35N3O3/c1-22-20(24-17-21(11-12-25-2)9-4-5-10-21)23-16-18-7-6-8-19(15-18)27-14-13-26-3/h6-8,15H,4-5,9-14,16-17H2,1-3H3,(H2,22,23,24). The fourth-order valence-electron chi connectivity index (χ4n) is 3.62. The first kappa shape index (κ1) is 21.5. The Bertz CT molecular complexity index is 572. The second-order valence-electron chi connectivity index (χ2n) is 7.22. The van der Waals surface area contributed by atoms with Crippen LogP contribution in [-0.2, 0) is 16.0 Å². The van der Waals surface area contributed by atoms with Crippen LogP contribution in [0, 0.1) is 5.41 Å². The molecule has 2 N–H and O–H groups in total. The number of methoxy groups -OCH3 is 2. The molecule has 1 saturated carbocycles. The van der Waals surface area contributed by atoms with Gasteiger partial charge in [-0.15, -0.1) is 0 Å². The molecule has 6 heteroatoms. The lowest BCUT2D eigenvalue weighted by atomic mass is 9.83. The topological polar surface area (TPSA) is 64.1 Å². The van der Waals surface area contributed by atoms with Crippen LogP contribution in [0.15, 0.2) is 29.3 Å². The minimum atomic E-state index is 0.336. The molecule has 1 fully saturated rings. The van der Waals surface area contributed by atoms with Crippen LogP contribution in [0.5, 0.6) is 5.75 Å². The zero-order valence-electron chi connectivity index (χ0n) is 17.1. The molecule has 152 valence electrons. The molecule has 0 aliphatic heterocycles. The first-order chi connectivity index (χ1) is 13.2. The third-order valence-electron chi connectivity index (χ3n) is 5.27. The van der Waals surface area contributed by atoms with Gasteiger partial charge < -0.3 is 24.8 Å². The van der Waals surface area contributed by atoms with E-state index in [-0.39, 0.29) is 0 Å². The second kappa shape index (κ2) is 11.8. The molecular weight excluding hydrogens is 342 g/mol. The lowest BCUT2D eigenvalue weighted by molar-refractivity contribution is 0.138.